The summed E-state index contributed by atoms with van der Waals surface area (Å²) in [5, 5.41) is 16.8. The molecule has 22 heavy (non-hydrogen) atoms. The van der Waals surface area contributed by atoms with Gasteiger partial charge in [0, 0.05) is 25.2 Å². The molecular weight excluding hydrogens is 280 g/mol. The second-order valence-corrected chi connectivity index (χ2v) is 5.13. The predicted octanol–water partition coefficient (Wildman–Crippen LogP) is 2.33. The second-order valence-electron chi connectivity index (χ2n) is 5.13. The molecule has 0 bridgehead atoms. The van der Waals surface area contributed by atoms with Crippen LogP contribution in [0.2, 0.25) is 0 Å². The van der Waals surface area contributed by atoms with Crippen LogP contribution in [-0.4, -0.2) is 39.8 Å². The Bertz CT molecular complexity index is 799. The zero-order valence-corrected chi connectivity index (χ0v) is 12.2. The van der Waals surface area contributed by atoms with Gasteiger partial charge >= 0.3 is 5.97 Å². The van der Waals surface area contributed by atoms with Crippen LogP contribution in [0.25, 0.3) is 10.9 Å². The fourth-order valence-electron chi connectivity index (χ4n) is 2.36. The van der Waals surface area contributed by atoms with E-state index in [0.717, 1.165) is 18.5 Å². The second kappa shape index (κ2) is 5.85. The molecule has 0 aliphatic rings. The van der Waals surface area contributed by atoms with Gasteiger partial charge in [-0.25, -0.2) is 9.78 Å². The third-order valence-electron chi connectivity index (χ3n) is 3.61. The summed E-state index contributed by atoms with van der Waals surface area (Å²) in [7, 11) is 1.91. The number of para-hydroxylation sites is 1. The van der Waals surface area contributed by atoms with Crippen LogP contribution in [0.1, 0.15) is 15.9 Å². The first-order valence-electron chi connectivity index (χ1n) is 6.97. The number of nitrogens with zero attached hydrogens (tertiary/aromatic N) is 3. The average molecular weight is 296 g/mol. The van der Waals surface area contributed by atoms with E-state index in [4.69, 9.17) is 0 Å². The first-order valence-corrected chi connectivity index (χ1v) is 6.97. The van der Waals surface area contributed by atoms with Gasteiger partial charge in [0.25, 0.3) is 0 Å². The number of hydrogen-bond donors (Lipinski definition) is 2. The number of aromatic nitrogens is 3. The molecule has 3 rings (SSSR count). The van der Waals surface area contributed by atoms with Crippen molar-refractivity contribution in [1.82, 2.24) is 15.2 Å². The molecule has 0 aliphatic carbocycles. The van der Waals surface area contributed by atoms with Crippen LogP contribution in [0.4, 0.5) is 5.82 Å². The molecule has 3 aromatic rings. The van der Waals surface area contributed by atoms with E-state index in [9.17, 15) is 9.90 Å². The minimum absolute atomic E-state index is 0.274. The van der Waals surface area contributed by atoms with Crippen molar-refractivity contribution in [2.45, 2.75) is 6.42 Å². The van der Waals surface area contributed by atoms with Gasteiger partial charge in [0.2, 0.25) is 0 Å². The van der Waals surface area contributed by atoms with Crippen molar-refractivity contribution in [3.8, 4) is 0 Å². The highest BCUT2D eigenvalue weighted by Gasteiger charge is 2.13. The predicted molar refractivity (Wildman–Crippen MR) is 84.3 cm³/mol. The molecule has 6 heteroatoms. The van der Waals surface area contributed by atoms with E-state index in [0.29, 0.717) is 16.7 Å². The number of fused-ring (bicyclic) bond motifs is 1. The SMILES string of the molecule is CN(CCc1cn[nH]c1)c1cc(C(=O)O)c2ccccc2n1. The van der Waals surface area contributed by atoms with Crippen LogP contribution < -0.4 is 4.90 Å². The maximum Gasteiger partial charge on any atom is 0.336 e. The molecule has 0 radical (unpaired) electrons. The number of carboxylic acids is 1. The highest BCUT2D eigenvalue weighted by Crippen LogP contribution is 2.22. The smallest absolute Gasteiger partial charge is 0.336 e. The Morgan fingerprint density at radius 1 is 1.36 bits per heavy atom. The lowest BCUT2D eigenvalue weighted by Gasteiger charge is -2.19. The summed E-state index contributed by atoms with van der Waals surface area (Å²) in [6, 6.07) is 8.91. The number of hydrogen-bond acceptors (Lipinski definition) is 4. The molecule has 112 valence electrons. The molecule has 0 amide bonds. The van der Waals surface area contributed by atoms with Gasteiger partial charge in [0.05, 0.1) is 17.3 Å². The number of benzene rings is 1. The Labute approximate surface area is 127 Å². The minimum atomic E-state index is -0.942. The van der Waals surface area contributed by atoms with Crippen molar-refractivity contribution in [2.75, 3.05) is 18.5 Å². The first-order chi connectivity index (χ1) is 10.6. The van der Waals surface area contributed by atoms with Crippen molar-refractivity contribution in [3.63, 3.8) is 0 Å². The summed E-state index contributed by atoms with van der Waals surface area (Å²) in [6.45, 7) is 0.726. The largest absolute Gasteiger partial charge is 0.478 e. The molecule has 2 heterocycles. The van der Waals surface area contributed by atoms with Crippen LogP contribution >= 0.6 is 0 Å². The van der Waals surface area contributed by atoms with Gasteiger partial charge in [-0.05, 0) is 24.1 Å². The van der Waals surface area contributed by atoms with Crippen molar-refractivity contribution in [3.05, 3.63) is 53.9 Å². The molecule has 0 spiro atoms. The molecule has 0 saturated heterocycles. The summed E-state index contributed by atoms with van der Waals surface area (Å²) in [6.07, 6.45) is 4.44. The number of nitrogens with one attached hydrogen (secondary N) is 1. The third kappa shape index (κ3) is 2.76. The minimum Gasteiger partial charge on any atom is -0.478 e. The molecule has 0 saturated carbocycles. The van der Waals surface area contributed by atoms with Gasteiger partial charge < -0.3 is 10.0 Å². The molecule has 1 aromatic carbocycles. The number of carboxylic acid groups (broad SMARTS) is 1. The Kier molecular flexibility index (Phi) is 3.74. The van der Waals surface area contributed by atoms with Crippen molar-refractivity contribution in [1.29, 1.82) is 0 Å². The number of aromatic carboxylic acids is 1. The number of H-pyrrole nitrogens is 1. The number of aromatic amines is 1. The van der Waals surface area contributed by atoms with Gasteiger partial charge in [-0.1, -0.05) is 18.2 Å². The topological polar surface area (TPSA) is 82.1 Å². The van der Waals surface area contributed by atoms with Crippen molar-refractivity contribution < 1.29 is 9.90 Å². The highest BCUT2D eigenvalue weighted by molar-refractivity contribution is 6.03. The number of anilines is 1. The molecule has 0 aliphatic heterocycles. The lowest BCUT2D eigenvalue weighted by atomic mass is 10.1. The maximum absolute atomic E-state index is 11.5. The summed E-state index contributed by atoms with van der Waals surface area (Å²) in [5.41, 5.74) is 2.06. The van der Waals surface area contributed by atoms with Gasteiger partial charge in [-0.3, -0.25) is 5.10 Å². The monoisotopic (exact) mass is 296 g/mol. The lowest BCUT2D eigenvalue weighted by molar-refractivity contribution is 0.0699. The summed E-state index contributed by atoms with van der Waals surface area (Å²) >= 11 is 0. The number of likely N-dealkylation sites (N-methyl/N-ethyl adjacent to an activating group) is 1. The molecule has 2 aromatic heterocycles. The molecule has 6 nitrogen and oxygen atoms in total. The Morgan fingerprint density at radius 3 is 2.91 bits per heavy atom. The van der Waals surface area contributed by atoms with Gasteiger partial charge in [0.15, 0.2) is 0 Å². The Hall–Kier alpha value is -2.89. The van der Waals surface area contributed by atoms with E-state index in [1.165, 1.54) is 0 Å². The molecule has 0 unspecified atom stereocenters. The quantitative estimate of drug-likeness (QED) is 0.755. The Morgan fingerprint density at radius 2 is 2.18 bits per heavy atom. The lowest BCUT2D eigenvalue weighted by Crippen LogP contribution is -2.21. The Balaban J connectivity index is 1.91. The molecule has 0 atom stereocenters. The molecule has 0 fully saturated rings. The van der Waals surface area contributed by atoms with Crippen LogP contribution in [0.5, 0.6) is 0 Å². The first kappa shape index (κ1) is 14.1. The third-order valence-corrected chi connectivity index (χ3v) is 3.61. The van der Waals surface area contributed by atoms with E-state index in [2.05, 4.69) is 15.2 Å². The van der Waals surface area contributed by atoms with Crippen molar-refractivity contribution >= 4 is 22.7 Å². The van der Waals surface area contributed by atoms with Crippen LogP contribution in [0.3, 0.4) is 0 Å². The zero-order chi connectivity index (χ0) is 15.5. The summed E-state index contributed by atoms with van der Waals surface area (Å²) in [5.74, 6) is -0.289. The summed E-state index contributed by atoms with van der Waals surface area (Å²) < 4.78 is 0. The number of carbonyl (C=O) groups is 1. The van der Waals surface area contributed by atoms with Gasteiger partial charge in [-0.15, -0.1) is 0 Å². The van der Waals surface area contributed by atoms with E-state index in [1.807, 2.05) is 36.3 Å². The van der Waals surface area contributed by atoms with Gasteiger partial charge in [0.1, 0.15) is 5.82 Å². The zero-order valence-electron chi connectivity index (χ0n) is 12.2. The van der Waals surface area contributed by atoms with Crippen LogP contribution in [0, 0.1) is 0 Å². The average Bonchev–Trinajstić information content (AvgIpc) is 3.04. The fraction of sp³-hybridized carbons (Fsp3) is 0.188. The number of pyridine rings is 1. The molecular formula is C16H16N4O2. The van der Waals surface area contributed by atoms with E-state index < -0.39 is 5.97 Å². The fourth-order valence-corrected chi connectivity index (χ4v) is 2.36. The van der Waals surface area contributed by atoms with E-state index in [-0.39, 0.29) is 5.56 Å². The number of rotatable bonds is 5. The summed E-state index contributed by atoms with van der Waals surface area (Å²) in [4.78, 5) is 18.0. The van der Waals surface area contributed by atoms with Crippen molar-refractivity contribution in [2.24, 2.45) is 0 Å². The van der Waals surface area contributed by atoms with E-state index >= 15 is 0 Å². The highest BCUT2D eigenvalue weighted by atomic mass is 16.4. The van der Waals surface area contributed by atoms with Crippen LogP contribution in [0.15, 0.2) is 42.7 Å². The van der Waals surface area contributed by atoms with Gasteiger partial charge in [-0.2, -0.15) is 5.10 Å². The molecule has 2 N–H and O–H groups in total. The standard InChI is InChI=1S/C16H16N4O2/c1-20(7-6-11-9-17-18-10-11)15-8-13(16(21)22)12-4-2-3-5-14(12)19-15/h2-5,8-10H,6-7H2,1H3,(H,17,18)(H,21,22). The van der Waals surface area contributed by atoms with Crippen LogP contribution in [-0.2, 0) is 6.42 Å². The maximum atomic E-state index is 11.5. The normalized spacial score (nSPS) is 10.8. The van der Waals surface area contributed by atoms with E-state index in [1.54, 1.807) is 18.3 Å².